The Morgan fingerprint density at radius 2 is 2.27 bits per heavy atom. The molecule has 0 aliphatic carbocycles. The molecule has 1 aromatic carbocycles. The summed E-state index contributed by atoms with van der Waals surface area (Å²) in [6.45, 7) is 5.92. The van der Waals surface area contributed by atoms with Crippen molar-refractivity contribution in [3.63, 3.8) is 0 Å². The maximum Gasteiger partial charge on any atom is 0.0460 e. The number of hydrogen-bond donors (Lipinski definition) is 1. The highest BCUT2D eigenvalue weighted by atomic mass is 35.5. The summed E-state index contributed by atoms with van der Waals surface area (Å²) in [5.74, 6) is 0. The lowest BCUT2D eigenvalue weighted by atomic mass is 10.1. The number of nitrogens with one attached hydrogen (secondary N) is 1. The molecule has 0 saturated heterocycles. The van der Waals surface area contributed by atoms with Gasteiger partial charge in [0.25, 0.3) is 0 Å². The zero-order valence-electron chi connectivity index (χ0n) is 9.13. The molecule has 0 amide bonds. The van der Waals surface area contributed by atoms with E-state index in [2.05, 4.69) is 18.0 Å². The molecule has 0 aliphatic rings. The number of hydrogen-bond acceptors (Lipinski definition) is 1. The maximum atomic E-state index is 5.89. The Balaban J connectivity index is 2.76. The molecule has 0 fully saturated rings. The van der Waals surface area contributed by atoms with Crippen LogP contribution in [0.1, 0.15) is 12.5 Å². The summed E-state index contributed by atoms with van der Waals surface area (Å²) in [7, 11) is 1.92. The highest BCUT2D eigenvalue weighted by molar-refractivity contribution is 6.30. The fourth-order valence-corrected chi connectivity index (χ4v) is 1.52. The van der Waals surface area contributed by atoms with E-state index in [-0.39, 0.29) is 6.04 Å². The topological polar surface area (TPSA) is 12.0 Å². The molecule has 0 spiro atoms. The molecule has 80 valence electrons. The van der Waals surface area contributed by atoms with Crippen molar-refractivity contribution in [2.24, 2.45) is 0 Å². The Bertz CT molecular complexity index is 369. The lowest BCUT2D eigenvalue weighted by Gasteiger charge is -2.10. The molecule has 0 aliphatic heterocycles. The number of rotatable bonds is 4. The molecule has 15 heavy (non-hydrogen) atoms. The first kappa shape index (κ1) is 12.0. The Hall–Kier alpha value is -1.05. The lowest BCUT2D eigenvalue weighted by molar-refractivity contribution is 0.757. The molecule has 1 atom stereocenters. The number of likely N-dealkylation sites (N-methyl/N-ethyl adjacent to an activating group) is 1. The molecule has 0 aromatic heterocycles. The first-order valence-corrected chi connectivity index (χ1v) is 5.27. The molecule has 0 saturated carbocycles. The van der Waals surface area contributed by atoms with E-state index in [0.29, 0.717) is 0 Å². The first-order valence-electron chi connectivity index (χ1n) is 4.90. The van der Waals surface area contributed by atoms with Crippen molar-refractivity contribution in [2.75, 3.05) is 7.05 Å². The fourth-order valence-electron chi connectivity index (χ4n) is 1.32. The smallest absolute Gasteiger partial charge is 0.0460 e. The molecule has 0 unspecified atom stereocenters. The largest absolute Gasteiger partial charge is 0.310 e. The standard InChI is InChI=1S/C13H16ClN/c1-10(2)13(15-3)8-7-11-5-4-6-12(14)9-11/h4-9,13,15H,1H2,2-3H3/t13-/m0/s1. The summed E-state index contributed by atoms with van der Waals surface area (Å²) < 4.78 is 0. The van der Waals surface area contributed by atoms with Crippen molar-refractivity contribution in [1.29, 1.82) is 0 Å². The Labute approximate surface area is 96.5 Å². The Morgan fingerprint density at radius 3 is 2.80 bits per heavy atom. The fraction of sp³-hybridized carbons (Fsp3) is 0.231. The third-order valence-electron chi connectivity index (χ3n) is 2.17. The van der Waals surface area contributed by atoms with Gasteiger partial charge >= 0.3 is 0 Å². The summed E-state index contributed by atoms with van der Waals surface area (Å²) >= 11 is 5.89. The molecule has 1 rings (SSSR count). The second-order valence-electron chi connectivity index (χ2n) is 3.53. The predicted molar refractivity (Wildman–Crippen MR) is 68.1 cm³/mol. The van der Waals surface area contributed by atoms with E-state index in [0.717, 1.165) is 16.2 Å². The van der Waals surface area contributed by atoms with E-state index in [1.165, 1.54) is 0 Å². The van der Waals surface area contributed by atoms with Gasteiger partial charge in [0, 0.05) is 11.1 Å². The Morgan fingerprint density at radius 1 is 1.53 bits per heavy atom. The summed E-state index contributed by atoms with van der Waals surface area (Å²) in [5, 5.41) is 3.92. The van der Waals surface area contributed by atoms with Crippen LogP contribution in [0.5, 0.6) is 0 Å². The highest BCUT2D eigenvalue weighted by Crippen LogP contribution is 2.12. The van der Waals surface area contributed by atoms with Crippen LogP contribution in [-0.2, 0) is 0 Å². The van der Waals surface area contributed by atoms with E-state index < -0.39 is 0 Å². The summed E-state index contributed by atoms with van der Waals surface area (Å²) in [6.07, 6.45) is 4.12. The quantitative estimate of drug-likeness (QED) is 0.768. The molecule has 0 bridgehead atoms. The third-order valence-corrected chi connectivity index (χ3v) is 2.41. The van der Waals surface area contributed by atoms with Gasteiger partial charge in [-0.3, -0.25) is 0 Å². The van der Waals surface area contributed by atoms with Crippen LogP contribution < -0.4 is 5.32 Å². The van der Waals surface area contributed by atoms with Crippen molar-refractivity contribution in [3.05, 3.63) is 53.1 Å². The molecular weight excluding hydrogens is 206 g/mol. The molecule has 0 heterocycles. The van der Waals surface area contributed by atoms with Crippen LogP contribution in [0, 0.1) is 0 Å². The van der Waals surface area contributed by atoms with Crippen molar-refractivity contribution in [1.82, 2.24) is 5.32 Å². The van der Waals surface area contributed by atoms with Crippen LogP contribution in [-0.4, -0.2) is 13.1 Å². The van der Waals surface area contributed by atoms with E-state index >= 15 is 0 Å². The Kier molecular flexibility index (Phi) is 4.60. The molecule has 1 aromatic rings. The van der Waals surface area contributed by atoms with Gasteiger partial charge < -0.3 is 5.32 Å². The van der Waals surface area contributed by atoms with Crippen LogP contribution in [0.4, 0.5) is 0 Å². The molecule has 0 radical (unpaired) electrons. The van der Waals surface area contributed by atoms with Gasteiger partial charge in [-0.15, -0.1) is 0 Å². The van der Waals surface area contributed by atoms with Crippen LogP contribution in [0.15, 0.2) is 42.5 Å². The van der Waals surface area contributed by atoms with Gasteiger partial charge in [-0.25, -0.2) is 0 Å². The minimum Gasteiger partial charge on any atom is -0.310 e. The van der Waals surface area contributed by atoms with Gasteiger partial charge in [0.1, 0.15) is 0 Å². The van der Waals surface area contributed by atoms with Crippen molar-refractivity contribution in [3.8, 4) is 0 Å². The van der Waals surface area contributed by atoms with Gasteiger partial charge in [-0.2, -0.15) is 0 Å². The second-order valence-corrected chi connectivity index (χ2v) is 3.96. The zero-order chi connectivity index (χ0) is 11.3. The van der Waals surface area contributed by atoms with Gasteiger partial charge in [0.05, 0.1) is 0 Å². The summed E-state index contributed by atoms with van der Waals surface area (Å²) in [6, 6.07) is 7.98. The van der Waals surface area contributed by atoms with Crippen molar-refractivity contribution >= 4 is 17.7 Å². The van der Waals surface area contributed by atoms with Crippen LogP contribution in [0.3, 0.4) is 0 Å². The molecular formula is C13H16ClN. The number of halogens is 1. The average molecular weight is 222 g/mol. The zero-order valence-corrected chi connectivity index (χ0v) is 9.88. The van der Waals surface area contributed by atoms with Gasteiger partial charge in [0.2, 0.25) is 0 Å². The normalized spacial score (nSPS) is 13.0. The van der Waals surface area contributed by atoms with Gasteiger partial charge in [-0.05, 0) is 31.7 Å². The minimum atomic E-state index is 0.212. The SMILES string of the molecule is C=C(C)[C@H](C=Cc1cccc(Cl)c1)NC. The summed E-state index contributed by atoms with van der Waals surface area (Å²) in [5.41, 5.74) is 2.19. The first-order chi connectivity index (χ1) is 7.13. The van der Waals surface area contributed by atoms with Crippen LogP contribution in [0.2, 0.25) is 5.02 Å². The van der Waals surface area contributed by atoms with Crippen molar-refractivity contribution in [2.45, 2.75) is 13.0 Å². The van der Waals surface area contributed by atoms with Gasteiger partial charge in [-0.1, -0.05) is 48.0 Å². The average Bonchev–Trinajstić information content (AvgIpc) is 2.18. The molecule has 1 N–H and O–H groups in total. The predicted octanol–water partition coefficient (Wildman–Crippen LogP) is 3.52. The summed E-state index contributed by atoms with van der Waals surface area (Å²) in [4.78, 5) is 0. The second kappa shape index (κ2) is 5.74. The third kappa shape index (κ3) is 3.90. The van der Waals surface area contributed by atoms with Gasteiger partial charge in [0.15, 0.2) is 0 Å². The maximum absolute atomic E-state index is 5.89. The van der Waals surface area contributed by atoms with Crippen LogP contribution in [0.25, 0.3) is 6.08 Å². The van der Waals surface area contributed by atoms with E-state index in [1.54, 1.807) is 0 Å². The van der Waals surface area contributed by atoms with E-state index in [1.807, 2.05) is 44.3 Å². The monoisotopic (exact) mass is 221 g/mol. The van der Waals surface area contributed by atoms with Crippen molar-refractivity contribution < 1.29 is 0 Å². The lowest BCUT2D eigenvalue weighted by Crippen LogP contribution is -2.23. The van der Waals surface area contributed by atoms with Crippen LogP contribution >= 0.6 is 11.6 Å². The minimum absolute atomic E-state index is 0.212. The number of benzene rings is 1. The van der Waals surface area contributed by atoms with E-state index in [9.17, 15) is 0 Å². The highest BCUT2D eigenvalue weighted by Gasteiger charge is 2.00. The van der Waals surface area contributed by atoms with E-state index in [4.69, 9.17) is 11.6 Å². The molecule has 1 nitrogen and oxygen atoms in total. The molecule has 2 heteroatoms.